The molecule has 1 unspecified atom stereocenters. The molecule has 0 N–H and O–H groups in total. The van der Waals surface area contributed by atoms with Crippen LogP contribution in [0.1, 0.15) is 119 Å². The Kier molecular flexibility index (Phi) is 10.9. The van der Waals surface area contributed by atoms with Crippen molar-refractivity contribution in [2.24, 2.45) is 0 Å². The minimum Gasteiger partial charge on any atom is -0.465 e. The average Bonchev–Trinajstić information content (AvgIpc) is 3.23. The molecule has 0 heterocycles. The average molecular weight is 590 g/mol. The Bertz CT molecular complexity index is 1250. The highest BCUT2D eigenvalue weighted by Crippen LogP contribution is 2.55. The SMILES string of the molecule is CCCCCCCCC1(CCCCCCC)c2ccccc2-c2ccc(-c3ccc(Br)cc3C(=O)OC)cc21. The van der Waals surface area contributed by atoms with Gasteiger partial charge in [0.2, 0.25) is 0 Å². The van der Waals surface area contributed by atoms with Gasteiger partial charge in [0.15, 0.2) is 0 Å². The fourth-order valence-corrected chi connectivity index (χ4v) is 6.93. The van der Waals surface area contributed by atoms with Gasteiger partial charge in [0.1, 0.15) is 0 Å². The summed E-state index contributed by atoms with van der Waals surface area (Å²) in [5.74, 6) is -0.302. The fourth-order valence-electron chi connectivity index (χ4n) is 6.57. The molecule has 0 fully saturated rings. The first-order valence-electron chi connectivity index (χ1n) is 15.2. The predicted molar refractivity (Wildman–Crippen MR) is 169 cm³/mol. The molecule has 1 aliphatic rings. The summed E-state index contributed by atoms with van der Waals surface area (Å²) in [5.41, 5.74) is 8.36. The molecule has 0 radical (unpaired) electrons. The molecule has 4 rings (SSSR count). The molecule has 0 bridgehead atoms. The van der Waals surface area contributed by atoms with Gasteiger partial charge in [-0.25, -0.2) is 4.79 Å². The molecule has 1 aliphatic carbocycles. The van der Waals surface area contributed by atoms with Crippen molar-refractivity contribution in [1.82, 2.24) is 0 Å². The predicted octanol–water partition coefficient (Wildman–Crippen LogP) is 11.3. The van der Waals surface area contributed by atoms with Crippen molar-refractivity contribution in [2.75, 3.05) is 7.11 Å². The number of hydrogen-bond donors (Lipinski definition) is 0. The third-order valence-corrected chi connectivity index (χ3v) is 9.12. The van der Waals surface area contributed by atoms with Crippen molar-refractivity contribution in [3.05, 3.63) is 81.8 Å². The lowest BCUT2D eigenvalue weighted by Crippen LogP contribution is -2.25. The third kappa shape index (κ3) is 6.68. The molecule has 3 aromatic rings. The number of esters is 1. The first-order valence-corrected chi connectivity index (χ1v) is 16.0. The van der Waals surface area contributed by atoms with Crippen LogP contribution in [0.3, 0.4) is 0 Å². The van der Waals surface area contributed by atoms with Gasteiger partial charge in [-0.05, 0) is 64.4 Å². The van der Waals surface area contributed by atoms with Crippen molar-refractivity contribution in [2.45, 2.75) is 103 Å². The number of benzene rings is 3. The largest absolute Gasteiger partial charge is 0.465 e. The molecule has 3 heteroatoms. The maximum Gasteiger partial charge on any atom is 0.338 e. The zero-order valence-corrected chi connectivity index (χ0v) is 25.7. The van der Waals surface area contributed by atoms with Gasteiger partial charge in [-0.1, -0.05) is 143 Å². The lowest BCUT2D eigenvalue weighted by molar-refractivity contribution is 0.0601. The Morgan fingerprint density at radius 1 is 0.692 bits per heavy atom. The topological polar surface area (TPSA) is 26.3 Å². The minimum atomic E-state index is -0.302. The van der Waals surface area contributed by atoms with Crippen molar-refractivity contribution >= 4 is 21.9 Å². The van der Waals surface area contributed by atoms with Crippen LogP contribution >= 0.6 is 15.9 Å². The molecule has 2 nitrogen and oxygen atoms in total. The summed E-state index contributed by atoms with van der Waals surface area (Å²) in [5, 5.41) is 0. The number of ether oxygens (including phenoxy) is 1. The number of rotatable bonds is 15. The Labute approximate surface area is 244 Å². The van der Waals surface area contributed by atoms with E-state index < -0.39 is 0 Å². The number of unbranched alkanes of at least 4 members (excludes halogenated alkanes) is 9. The zero-order valence-electron chi connectivity index (χ0n) is 24.2. The summed E-state index contributed by atoms with van der Waals surface area (Å²) in [6.07, 6.45) is 16.7. The van der Waals surface area contributed by atoms with E-state index in [1.165, 1.54) is 113 Å². The molecule has 208 valence electrons. The van der Waals surface area contributed by atoms with Crippen LogP contribution in [0, 0.1) is 0 Å². The molecule has 0 saturated carbocycles. The van der Waals surface area contributed by atoms with Crippen molar-refractivity contribution in [3.63, 3.8) is 0 Å². The lowest BCUT2D eigenvalue weighted by atomic mass is 9.70. The highest BCUT2D eigenvalue weighted by atomic mass is 79.9. The van der Waals surface area contributed by atoms with Crippen LogP contribution in [0.15, 0.2) is 65.1 Å². The zero-order chi connectivity index (χ0) is 27.7. The second-order valence-electron chi connectivity index (χ2n) is 11.3. The quantitative estimate of drug-likeness (QED) is 0.130. The first kappa shape index (κ1) is 29.6. The van der Waals surface area contributed by atoms with E-state index in [0.717, 1.165) is 15.6 Å². The van der Waals surface area contributed by atoms with Crippen LogP contribution < -0.4 is 0 Å². The van der Waals surface area contributed by atoms with Crippen molar-refractivity contribution in [1.29, 1.82) is 0 Å². The third-order valence-electron chi connectivity index (χ3n) is 8.63. The molecule has 0 saturated heterocycles. The maximum atomic E-state index is 12.7. The van der Waals surface area contributed by atoms with Crippen LogP contribution in [0.5, 0.6) is 0 Å². The molecular formula is C36H45BrO2. The Balaban J connectivity index is 1.76. The Hall–Kier alpha value is -2.39. The summed E-state index contributed by atoms with van der Waals surface area (Å²) in [6.45, 7) is 4.57. The minimum absolute atomic E-state index is 0.0275. The Morgan fingerprint density at radius 2 is 1.28 bits per heavy atom. The van der Waals surface area contributed by atoms with E-state index in [0.29, 0.717) is 5.56 Å². The number of carbonyl (C=O) groups is 1. The van der Waals surface area contributed by atoms with Crippen LogP contribution in [-0.2, 0) is 10.2 Å². The van der Waals surface area contributed by atoms with Crippen LogP contribution in [0.25, 0.3) is 22.3 Å². The smallest absolute Gasteiger partial charge is 0.338 e. The van der Waals surface area contributed by atoms with E-state index in [1.807, 2.05) is 18.2 Å². The maximum absolute atomic E-state index is 12.7. The van der Waals surface area contributed by atoms with Crippen LogP contribution in [0.2, 0.25) is 0 Å². The van der Waals surface area contributed by atoms with Gasteiger partial charge >= 0.3 is 5.97 Å². The summed E-state index contributed by atoms with van der Waals surface area (Å²) in [4.78, 5) is 12.7. The summed E-state index contributed by atoms with van der Waals surface area (Å²) in [7, 11) is 1.45. The van der Waals surface area contributed by atoms with Crippen molar-refractivity contribution in [3.8, 4) is 22.3 Å². The normalized spacial score (nSPS) is 15.7. The van der Waals surface area contributed by atoms with E-state index in [9.17, 15) is 4.79 Å². The molecule has 1 atom stereocenters. The number of hydrogen-bond acceptors (Lipinski definition) is 2. The van der Waals surface area contributed by atoms with E-state index >= 15 is 0 Å². The molecule has 39 heavy (non-hydrogen) atoms. The van der Waals surface area contributed by atoms with E-state index in [1.54, 1.807) is 0 Å². The fraction of sp³-hybridized carbons (Fsp3) is 0.472. The monoisotopic (exact) mass is 588 g/mol. The molecule has 3 aromatic carbocycles. The van der Waals surface area contributed by atoms with E-state index in [2.05, 4.69) is 72.2 Å². The van der Waals surface area contributed by atoms with E-state index in [-0.39, 0.29) is 11.4 Å². The summed E-state index contributed by atoms with van der Waals surface area (Å²) in [6, 6.07) is 21.9. The van der Waals surface area contributed by atoms with Gasteiger partial charge in [-0.3, -0.25) is 0 Å². The van der Waals surface area contributed by atoms with Gasteiger partial charge < -0.3 is 4.74 Å². The highest BCUT2D eigenvalue weighted by Gasteiger charge is 2.42. The standard InChI is InChI=1S/C36H45BrO2/c1-4-6-8-10-12-16-24-36(23-15-11-9-7-5-2)33-18-14-13-17-30(33)31-21-19-27(25-34(31)36)29-22-20-28(37)26-32(29)35(38)39-3/h13-14,17-22,25-26H,4-12,15-16,23-24H2,1-3H3. The Morgan fingerprint density at radius 3 is 1.95 bits per heavy atom. The van der Waals surface area contributed by atoms with Crippen LogP contribution in [0.4, 0.5) is 0 Å². The van der Waals surface area contributed by atoms with Crippen LogP contribution in [-0.4, -0.2) is 13.1 Å². The molecule has 0 aliphatic heterocycles. The number of halogens is 1. The highest BCUT2D eigenvalue weighted by molar-refractivity contribution is 9.10. The number of methoxy groups -OCH3 is 1. The summed E-state index contributed by atoms with van der Waals surface area (Å²) < 4.78 is 6.04. The molecule has 0 amide bonds. The number of carbonyl (C=O) groups excluding carboxylic acids is 1. The van der Waals surface area contributed by atoms with Gasteiger partial charge in [0, 0.05) is 9.89 Å². The second-order valence-corrected chi connectivity index (χ2v) is 12.2. The van der Waals surface area contributed by atoms with Gasteiger partial charge in [0.25, 0.3) is 0 Å². The lowest BCUT2D eigenvalue weighted by Gasteiger charge is -2.33. The first-order chi connectivity index (χ1) is 19.1. The second kappa shape index (κ2) is 14.3. The van der Waals surface area contributed by atoms with Crippen molar-refractivity contribution < 1.29 is 9.53 Å². The molecule has 0 spiro atoms. The molecular weight excluding hydrogens is 544 g/mol. The molecule has 0 aromatic heterocycles. The van der Waals surface area contributed by atoms with Gasteiger partial charge in [-0.15, -0.1) is 0 Å². The van der Waals surface area contributed by atoms with Gasteiger partial charge in [-0.2, -0.15) is 0 Å². The summed E-state index contributed by atoms with van der Waals surface area (Å²) >= 11 is 3.54. The number of fused-ring (bicyclic) bond motifs is 3. The van der Waals surface area contributed by atoms with E-state index in [4.69, 9.17) is 4.74 Å². The van der Waals surface area contributed by atoms with Gasteiger partial charge in [0.05, 0.1) is 12.7 Å².